The summed E-state index contributed by atoms with van der Waals surface area (Å²) in [4.78, 5) is 24.4. The third-order valence-corrected chi connectivity index (χ3v) is 2.56. The number of amides is 2. The number of carbonyl (C=O) groups is 2. The van der Waals surface area contributed by atoms with E-state index in [4.69, 9.17) is 15.1 Å². The van der Waals surface area contributed by atoms with Crippen LogP contribution in [-0.2, 0) is 9.53 Å². The van der Waals surface area contributed by atoms with Crippen molar-refractivity contribution in [3.05, 3.63) is 0 Å². The molecule has 0 aromatic rings. The van der Waals surface area contributed by atoms with E-state index >= 15 is 0 Å². The zero-order valence-electron chi connectivity index (χ0n) is 11.5. The van der Waals surface area contributed by atoms with Gasteiger partial charge in [-0.1, -0.05) is 0 Å². The van der Waals surface area contributed by atoms with E-state index in [1.54, 1.807) is 0 Å². The summed E-state index contributed by atoms with van der Waals surface area (Å²) < 4.78 is 4.81. The molecule has 0 aromatic heterocycles. The highest BCUT2D eigenvalue weighted by Gasteiger charge is 2.24. The molecule has 7 heteroatoms. The lowest BCUT2D eigenvalue weighted by molar-refractivity contribution is -0.139. The first kappa shape index (κ1) is 17.2. The topological polar surface area (TPSA) is 103 Å². The van der Waals surface area contributed by atoms with Crippen molar-refractivity contribution in [2.75, 3.05) is 20.3 Å². The molecule has 0 saturated carbocycles. The van der Waals surface area contributed by atoms with Gasteiger partial charge in [0.15, 0.2) is 0 Å². The number of carboxylic acid groups (broad SMARTS) is 1. The molecule has 1 unspecified atom stereocenters. The average Bonchev–Trinajstić information content (AvgIpc) is 2.34. The van der Waals surface area contributed by atoms with E-state index in [0.29, 0.717) is 0 Å². The zero-order valence-corrected chi connectivity index (χ0v) is 11.5. The number of aliphatic carboxylic acids is 1. The molecule has 1 atom stereocenters. The number of nitrogens with one attached hydrogen (secondary N) is 1. The van der Waals surface area contributed by atoms with Crippen molar-refractivity contribution in [3.63, 3.8) is 0 Å². The molecule has 0 fully saturated rings. The Kier molecular flexibility index (Phi) is 8.29. The minimum Gasteiger partial charge on any atom is -0.480 e. The van der Waals surface area contributed by atoms with Gasteiger partial charge in [-0.05, 0) is 13.8 Å². The highest BCUT2D eigenvalue weighted by molar-refractivity contribution is 5.82. The van der Waals surface area contributed by atoms with Crippen LogP contribution in [0, 0.1) is 11.3 Å². The number of hydrogen-bond acceptors (Lipinski definition) is 4. The van der Waals surface area contributed by atoms with Gasteiger partial charge in [0.2, 0.25) is 0 Å². The number of ether oxygens (including phenoxy) is 1. The zero-order chi connectivity index (χ0) is 14.8. The average molecular weight is 271 g/mol. The van der Waals surface area contributed by atoms with Crippen molar-refractivity contribution in [1.82, 2.24) is 10.2 Å². The van der Waals surface area contributed by atoms with Gasteiger partial charge in [-0.3, -0.25) is 0 Å². The van der Waals surface area contributed by atoms with E-state index in [1.807, 2.05) is 19.9 Å². The van der Waals surface area contributed by atoms with Crippen molar-refractivity contribution in [2.45, 2.75) is 38.8 Å². The van der Waals surface area contributed by atoms with Crippen LogP contribution >= 0.6 is 0 Å². The molecule has 7 nitrogen and oxygen atoms in total. The summed E-state index contributed by atoms with van der Waals surface area (Å²) in [6.45, 7) is 4.14. The second-order valence-corrected chi connectivity index (χ2v) is 4.32. The summed E-state index contributed by atoms with van der Waals surface area (Å²) in [6.07, 6.45) is 0.406. The summed E-state index contributed by atoms with van der Waals surface area (Å²) in [6, 6.07) is 0.386. The van der Waals surface area contributed by atoms with E-state index in [0.717, 1.165) is 0 Å². The van der Waals surface area contributed by atoms with Crippen LogP contribution in [0.1, 0.15) is 26.7 Å². The molecule has 0 rings (SSSR count). The van der Waals surface area contributed by atoms with Crippen molar-refractivity contribution >= 4 is 12.0 Å². The minimum atomic E-state index is -1.10. The van der Waals surface area contributed by atoms with Gasteiger partial charge in [0.05, 0.1) is 12.5 Å². The molecule has 19 heavy (non-hydrogen) atoms. The molecule has 2 amide bonds. The lowest BCUT2D eigenvalue weighted by atomic mass is 10.2. The van der Waals surface area contributed by atoms with Gasteiger partial charge in [-0.2, -0.15) is 5.26 Å². The molecular formula is C12H21N3O4. The molecule has 0 heterocycles. The van der Waals surface area contributed by atoms with Gasteiger partial charge in [0.25, 0.3) is 0 Å². The number of urea groups is 1. The Balaban J connectivity index is 4.57. The maximum Gasteiger partial charge on any atom is 0.326 e. The highest BCUT2D eigenvalue weighted by atomic mass is 16.5. The summed E-state index contributed by atoms with van der Waals surface area (Å²) in [7, 11) is 1.47. The molecular weight excluding hydrogens is 250 g/mol. The minimum absolute atomic E-state index is 0.106. The van der Waals surface area contributed by atoms with Crippen molar-refractivity contribution in [2.24, 2.45) is 0 Å². The summed E-state index contributed by atoms with van der Waals surface area (Å²) >= 11 is 0. The molecule has 0 aliphatic carbocycles. The SMILES string of the molecule is COCCC(NC(=O)N(CCC#N)C(C)C)C(=O)O. The van der Waals surface area contributed by atoms with Gasteiger partial charge in [0.1, 0.15) is 6.04 Å². The molecule has 0 radical (unpaired) electrons. The van der Waals surface area contributed by atoms with Crippen LogP contribution in [0.4, 0.5) is 4.79 Å². The number of methoxy groups -OCH3 is 1. The fourth-order valence-corrected chi connectivity index (χ4v) is 1.49. The van der Waals surface area contributed by atoms with Crippen LogP contribution < -0.4 is 5.32 Å². The number of carbonyl (C=O) groups excluding carboxylic acids is 1. The summed E-state index contributed by atoms with van der Waals surface area (Å²) in [5.41, 5.74) is 0. The van der Waals surface area contributed by atoms with E-state index in [9.17, 15) is 9.59 Å². The Morgan fingerprint density at radius 3 is 2.53 bits per heavy atom. The van der Waals surface area contributed by atoms with Crippen molar-refractivity contribution in [3.8, 4) is 6.07 Å². The lowest BCUT2D eigenvalue weighted by Crippen LogP contribution is -2.50. The fraction of sp³-hybridized carbons (Fsp3) is 0.750. The van der Waals surface area contributed by atoms with Gasteiger partial charge in [0, 0.05) is 32.7 Å². The lowest BCUT2D eigenvalue weighted by Gasteiger charge is -2.27. The van der Waals surface area contributed by atoms with Crippen molar-refractivity contribution in [1.29, 1.82) is 5.26 Å². The van der Waals surface area contributed by atoms with Crippen LogP contribution in [0.2, 0.25) is 0 Å². The van der Waals surface area contributed by atoms with Crippen LogP contribution in [-0.4, -0.2) is 54.4 Å². The van der Waals surface area contributed by atoms with E-state index in [1.165, 1.54) is 12.0 Å². The van der Waals surface area contributed by atoms with Gasteiger partial charge in [-0.15, -0.1) is 0 Å². The third kappa shape index (κ3) is 6.62. The molecule has 0 aliphatic heterocycles. The Labute approximate surface area is 113 Å². The van der Waals surface area contributed by atoms with Crippen molar-refractivity contribution < 1.29 is 19.4 Å². The van der Waals surface area contributed by atoms with Gasteiger partial charge in [-0.25, -0.2) is 9.59 Å². The predicted octanol–water partition coefficient (Wildman–Crippen LogP) is 0.810. The molecule has 0 aromatic carbocycles. The maximum atomic E-state index is 12.0. The first-order valence-corrected chi connectivity index (χ1v) is 6.09. The first-order chi connectivity index (χ1) is 8.93. The Morgan fingerprint density at radius 1 is 1.47 bits per heavy atom. The highest BCUT2D eigenvalue weighted by Crippen LogP contribution is 2.02. The Hall–Kier alpha value is -1.81. The summed E-state index contributed by atoms with van der Waals surface area (Å²) in [5, 5.41) is 20.0. The van der Waals surface area contributed by atoms with E-state index in [-0.39, 0.29) is 32.0 Å². The largest absolute Gasteiger partial charge is 0.480 e. The molecule has 108 valence electrons. The predicted molar refractivity (Wildman–Crippen MR) is 68.5 cm³/mol. The number of rotatable bonds is 8. The second kappa shape index (κ2) is 9.16. The summed E-state index contributed by atoms with van der Waals surface area (Å²) in [5.74, 6) is -1.10. The van der Waals surface area contributed by atoms with Gasteiger partial charge < -0.3 is 20.1 Å². The van der Waals surface area contributed by atoms with Gasteiger partial charge >= 0.3 is 12.0 Å². The first-order valence-electron chi connectivity index (χ1n) is 6.09. The second-order valence-electron chi connectivity index (χ2n) is 4.32. The molecule has 0 spiro atoms. The molecule has 0 bridgehead atoms. The molecule has 0 aliphatic rings. The molecule has 0 saturated heterocycles. The quantitative estimate of drug-likeness (QED) is 0.680. The molecule has 2 N–H and O–H groups in total. The number of nitriles is 1. The Morgan fingerprint density at radius 2 is 2.11 bits per heavy atom. The normalized spacial score (nSPS) is 11.7. The van der Waals surface area contributed by atoms with E-state index in [2.05, 4.69) is 5.32 Å². The standard InChI is InChI=1S/C12H21N3O4/c1-9(2)15(7-4-6-13)12(18)14-10(11(16)17)5-8-19-3/h9-10H,4-5,7-8H2,1-3H3,(H,14,18)(H,16,17). The Bertz CT molecular complexity index is 338. The van der Waals surface area contributed by atoms with E-state index < -0.39 is 18.0 Å². The van der Waals surface area contributed by atoms with Crippen LogP contribution in [0.5, 0.6) is 0 Å². The number of carboxylic acids is 1. The maximum absolute atomic E-state index is 12.0. The number of nitrogens with zero attached hydrogens (tertiary/aromatic N) is 2. The van der Waals surface area contributed by atoms with Crippen LogP contribution in [0.25, 0.3) is 0 Å². The fourth-order valence-electron chi connectivity index (χ4n) is 1.49. The number of hydrogen-bond donors (Lipinski definition) is 2. The smallest absolute Gasteiger partial charge is 0.326 e. The van der Waals surface area contributed by atoms with Crippen LogP contribution in [0.15, 0.2) is 0 Å². The third-order valence-electron chi connectivity index (χ3n) is 2.56. The van der Waals surface area contributed by atoms with Crippen LogP contribution in [0.3, 0.4) is 0 Å². The monoisotopic (exact) mass is 271 g/mol.